The number of hydrogen-bond donors (Lipinski definition) is 1. The van der Waals surface area contributed by atoms with E-state index in [1.807, 2.05) is 4.90 Å². The second-order valence-corrected chi connectivity index (χ2v) is 4.10. The highest BCUT2D eigenvalue weighted by Gasteiger charge is 2.22. The molecule has 1 unspecified atom stereocenters. The monoisotopic (exact) mass is 222 g/mol. The molecule has 1 heterocycles. The second-order valence-electron chi connectivity index (χ2n) is 3.66. The Kier molecular flexibility index (Phi) is 2.81. The molecule has 1 saturated heterocycles. The lowest BCUT2D eigenvalue weighted by molar-refractivity contribution is 0.198. The third-order valence-corrected chi connectivity index (χ3v) is 2.82. The van der Waals surface area contributed by atoms with E-state index < -0.39 is 0 Å². The lowest BCUT2D eigenvalue weighted by Crippen LogP contribution is -2.22. The van der Waals surface area contributed by atoms with Crippen molar-refractivity contribution < 1.29 is 5.11 Å². The number of aliphatic hydroxyl groups is 1. The highest BCUT2D eigenvalue weighted by Crippen LogP contribution is 2.27. The van der Waals surface area contributed by atoms with Gasteiger partial charge in [0.2, 0.25) is 0 Å². The third-order valence-electron chi connectivity index (χ3n) is 2.58. The first kappa shape index (κ1) is 10.3. The number of aliphatic hydroxyl groups excluding tert-OH is 1. The van der Waals surface area contributed by atoms with Crippen molar-refractivity contribution in [2.75, 3.05) is 18.0 Å². The van der Waals surface area contributed by atoms with Gasteiger partial charge in [-0.2, -0.15) is 5.26 Å². The summed E-state index contributed by atoms with van der Waals surface area (Å²) >= 11 is 5.89. The topological polar surface area (TPSA) is 47.3 Å². The van der Waals surface area contributed by atoms with Gasteiger partial charge < -0.3 is 10.0 Å². The van der Waals surface area contributed by atoms with Gasteiger partial charge in [-0.1, -0.05) is 11.6 Å². The van der Waals surface area contributed by atoms with Gasteiger partial charge in [0.25, 0.3) is 0 Å². The minimum absolute atomic E-state index is 0.296. The molecule has 1 aromatic rings. The smallest absolute Gasteiger partial charge is 0.101 e. The average molecular weight is 223 g/mol. The summed E-state index contributed by atoms with van der Waals surface area (Å²) < 4.78 is 0. The Hall–Kier alpha value is -1.24. The SMILES string of the molecule is N#Cc1ccc(Cl)cc1N1CCC(O)C1. The summed E-state index contributed by atoms with van der Waals surface area (Å²) in [5.74, 6) is 0. The molecule has 1 N–H and O–H groups in total. The fourth-order valence-electron chi connectivity index (χ4n) is 1.82. The van der Waals surface area contributed by atoms with Crippen LogP contribution in [-0.4, -0.2) is 24.3 Å². The number of rotatable bonds is 1. The number of hydrogen-bond acceptors (Lipinski definition) is 3. The Morgan fingerprint density at radius 2 is 2.33 bits per heavy atom. The van der Waals surface area contributed by atoms with Gasteiger partial charge in [0.05, 0.1) is 17.4 Å². The minimum Gasteiger partial charge on any atom is -0.391 e. The summed E-state index contributed by atoms with van der Waals surface area (Å²) in [5.41, 5.74) is 1.43. The van der Waals surface area contributed by atoms with E-state index in [4.69, 9.17) is 16.9 Å². The van der Waals surface area contributed by atoms with Gasteiger partial charge in [-0.25, -0.2) is 0 Å². The fraction of sp³-hybridized carbons (Fsp3) is 0.364. The number of benzene rings is 1. The number of nitrogens with zero attached hydrogens (tertiary/aromatic N) is 2. The van der Waals surface area contributed by atoms with Crippen LogP contribution in [0.1, 0.15) is 12.0 Å². The largest absolute Gasteiger partial charge is 0.391 e. The standard InChI is InChI=1S/C11H11ClN2O/c12-9-2-1-8(6-13)11(5-9)14-4-3-10(15)7-14/h1-2,5,10,15H,3-4,7H2. The summed E-state index contributed by atoms with van der Waals surface area (Å²) in [6.07, 6.45) is 0.452. The van der Waals surface area contributed by atoms with E-state index in [9.17, 15) is 5.11 Å². The Labute approximate surface area is 93.5 Å². The molecule has 0 amide bonds. The summed E-state index contributed by atoms with van der Waals surface area (Å²) in [6, 6.07) is 7.32. The van der Waals surface area contributed by atoms with Crippen LogP contribution in [-0.2, 0) is 0 Å². The van der Waals surface area contributed by atoms with Crippen molar-refractivity contribution in [1.82, 2.24) is 0 Å². The van der Waals surface area contributed by atoms with Crippen LogP contribution in [0.2, 0.25) is 5.02 Å². The molecule has 1 atom stereocenters. The van der Waals surface area contributed by atoms with Crippen LogP contribution < -0.4 is 4.90 Å². The van der Waals surface area contributed by atoms with Crippen LogP contribution in [0.25, 0.3) is 0 Å². The van der Waals surface area contributed by atoms with E-state index >= 15 is 0 Å². The van der Waals surface area contributed by atoms with Crippen LogP contribution in [0.3, 0.4) is 0 Å². The van der Waals surface area contributed by atoms with Crippen LogP contribution in [0.4, 0.5) is 5.69 Å². The maximum absolute atomic E-state index is 9.44. The Morgan fingerprint density at radius 1 is 1.53 bits per heavy atom. The normalized spacial score (nSPS) is 20.3. The summed E-state index contributed by atoms with van der Waals surface area (Å²) in [5, 5.41) is 19.0. The van der Waals surface area contributed by atoms with E-state index in [1.165, 1.54) is 0 Å². The van der Waals surface area contributed by atoms with Crippen LogP contribution in [0.15, 0.2) is 18.2 Å². The van der Waals surface area contributed by atoms with Crippen molar-refractivity contribution in [2.45, 2.75) is 12.5 Å². The molecule has 1 aliphatic rings. The molecule has 0 saturated carbocycles. The minimum atomic E-state index is -0.296. The maximum atomic E-state index is 9.44. The first-order valence-electron chi connectivity index (χ1n) is 4.83. The molecule has 1 fully saturated rings. The predicted molar refractivity (Wildman–Crippen MR) is 59.0 cm³/mol. The molecule has 1 aliphatic heterocycles. The number of anilines is 1. The van der Waals surface area contributed by atoms with Crippen molar-refractivity contribution in [3.05, 3.63) is 28.8 Å². The van der Waals surface area contributed by atoms with E-state index in [2.05, 4.69) is 6.07 Å². The number of nitriles is 1. The lowest BCUT2D eigenvalue weighted by atomic mass is 10.2. The van der Waals surface area contributed by atoms with Gasteiger partial charge in [0.1, 0.15) is 6.07 Å². The maximum Gasteiger partial charge on any atom is 0.101 e. The molecule has 78 valence electrons. The van der Waals surface area contributed by atoms with Gasteiger partial charge in [-0.3, -0.25) is 0 Å². The zero-order valence-corrected chi connectivity index (χ0v) is 8.91. The highest BCUT2D eigenvalue weighted by atomic mass is 35.5. The first-order valence-corrected chi connectivity index (χ1v) is 5.21. The molecule has 0 aromatic heterocycles. The van der Waals surface area contributed by atoms with Crippen LogP contribution in [0.5, 0.6) is 0 Å². The summed E-state index contributed by atoms with van der Waals surface area (Å²) in [6.45, 7) is 1.35. The van der Waals surface area contributed by atoms with Crippen molar-refractivity contribution in [3.63, 3.8) is 0 Å². The zero-order valence-electron chi connectivity index (χ0n) is 8.15. The Balaban J connectivity index is 2.34. The number of halogens is 1. The van der Waals surface area contributed by atoms with Gasteiger partial charge >= 0.3 is 0 Å². The van der Waals surface area contributed by atoms with Crippen molar-refractivity contribution >= 4 is 17.3 Å². The molecule has 0 radical (unpaired) electrons. The zero-order chi connectivity index (χ0) is 10.8. The van der Waals surface area contributed by atoms with Crippen LogP contribution >= 0.6 is 11.6 Å². The summed E-state index contributed by atoms with van der Waals surface area (Å²) in [7, 11) is 0. The third kappa shape index (κ3) is 2.06. The van der Waals surface area contributed by atoms with Crippen molar-refractivity contribution in [1.29, 1.82) is 5.26 Å². The van der Waals surface area contributed by atoms with Crippen LogP contribution in [0, 0.1) is 11.3 Å². The van der Waals surface area contributed by atoms with Gasteiger partial charge in [-0.15, -0.1) is 0 Å². The van der Waals surface area contributed by atoms with Crippen molar-refractivity contribution in [2.24, 2.45) is 0 Å². The Morgan fingerprint density at radius 3 is 2.93 bits per heavy atom. The molecular formula is C11H11ClN2O. The molecule has 0 bridgehead atoms. The molecule has 0 aliphatic carbocycles. The molecule has 0 spiro atoms. The molecular weight excluding hydrogens is 212 g/mol. The average Bonchev–Trinajstić information content (AvgIpc) is 2.65. The predicted octanol–water partition coefficient (Wildman–Crippen LogP) is 1.78. The van der Waals surface area contributed by atoms with Crippen molar-refractivity contribution in [3.8, 4) is 6.07 Å². The van der Waals surface area contributed by atoms with E-state index in [-0.39, 0.29) is 6.10 Å². The van der Waals surface area contributed by atoms with E-state index in [0.717, 1.165) is 18.7 Å². The van der Waals surface area contributed by atoms with E-state index in [0.29, 0.717) is 17.1 Å². The van der Waals surface area contributed by atoms with Gasteiger partial charge in [0.15, 0.2) is 0 Å². The first-order chi connectivity index (χ1) is 7.20. The lowest BCUT2D eigenvalue weighted by Gasteiger charge is -2.19. The molecule has 3 nitrogen and oxygen atoms in total. The molecule has 4 heteroatoms. The van der Waals surface area contributed by atoms with E-state index in [1.54, 1.807) is 18.2 Å². The molecule has 15 heavy (non-hydrogen) atoms. The molecule has 2 rings (SSSR count). The summed E-state index contributed by atoms with van der Waals surface area (Å²) in [4.78, 5) is 2.00. The molecule has 1 aromatic carbocycles. The quantitative estimate of drug-likeness (QED) is 0.788. The van der Waals surface area contributed by atoms with Gasteiger partial charge in [-0.05, 0) is 24.6 Å². The van der Waals surface area contributed by atoms with Gasteiger partial charge in [0, 0.05) is 18.1 Å². The Bertz CT molecular complexity index is 414. The number of β-amino-alcohol motifs (C(OH)–C–C–N with tert-alkyl or cyclic N) is 1. The second kappa shape index (κ2) is 4.09. The fourth-order valence-corrected chi connectivity index (χ4v) is 1.99. The highest BCUT2D eigenvalue weighted by molar-refractivity contribution is 6.30.